The molecule has 0 aliphatic carbocycles. The highest BCUT2D eigenvalue weighted by atomic mass is 35.5. The predicted octanol–water partition coefficient (Wildman–Crippen LogP) is 6.75. The first-order valence-electron chi connectivity index (χ1n) is 13.9. The van der Waals surface area contributed by atoms with Gasteiger partial charge in [0.05, 0.1) is 24.0 Å². The van der Waals surface area contributed by atoms with E-state index in [1.165, 1.54) is 23.9 Å². The molecule has 0 radical (unpaired) electrons. The van der Waals surface area contributed by atoms with Crippen LogP contribution in [0.5, 0.6) is 0 Å². The van der Waals surface area contributed by atoms with Crippen molar-refractivity contribution in [1.82, 2.24) is 10.6 Å². The number of nitrogens with one attached hydrogen (secondary N) is 2. The van der Waals surface area contributed by atoms with Gasteiger partial charge in [-0.3, -0.25) is 19.7 Å². The first kappa shape index (κ1) is 33.6. The fourth-order valence-electron chi connectivity index (χ4n) is 5.10. The standard InChI is InChI=1S/C31H25ClF6N2O5S/c32-23-5-6-24-20(13-23)9-10-39-28-29(24,45-26(42)8-7-25(41)44-28)46-16-17-1-3-19(4-2-17)27(43)40-15-18-11-21(30(33,34)35)14-22(12-18)31(36,37)38/h1-6,11-14,28,39H,7-10,15-16H2,(H,40,43). The molecule has 15 heteroatoms. The first-order chi connectivity index (χ1) is 21.6. The number of thioether (sulfide) groups is 1. The van der Waals surface area contributed by atoms with E-state index in [1.807, 2.05) is 0 Å². The Morgan fingerprint density at radius 2 is 1.54 bits per heavy atom. The minimum Gasteiger partial charge on any atom is -0.441 e. The summed E-state index contributed by atoms with van der Waals surface area (Å²) in [7, 11) is 0. The van der Waals surface area contributed by atoms with E-state index in [0.29, 0.717) is 41.2 Å². The number of rotatable bonds is 6. The molecule has 1 fully saturated rings. The molecule has 0 saturated carbocycles. The lowest BCUT2D eigenvalue weighted by Crippen LogP contribution is -2.52. The summed E-state index contributed by atoms with van der Waals surface area (Å²) in [5.74, 6) is -1.65. The van der Waals surface area contributed by atoms with Gasteiger partial charge in [0.25, 0.3) is 5.91 Å². The summed E-state index contributed by atoms with van der Waals surface area (Å²) in [6.45, 7) is -0.166. The number of hydrogen-bond acceptors (Lipinski definition) is 7. The van der Waals surface area contributed by atoms with E-state index >= 15 is 0 Å². The number of carbonyl (C=O) groups excluding carboxylic acids is 3. The Morgan fingerprint density at radius 3 is 2.20 bits per heavy atom. The lowest BCUT2D eigenvalue weighted by molar-refractivity contribution is -0.183. The van der Waals surface area contributed by atoms with Crippen LogP contribution in [-0.4, -0.2) is 30.6 Å². The minimum absolute atomic E-state index is 0.0181. The van der Waals surface area contributed by atoms with Crippen molar-refractivity contribution < 1.29 is 50.2 Å². The largest absolute Gasteiger partial charge is 0.441 e. The van der Waals surface area contributed by atoms with Gasteiger partial charge in [0.15, 0.2) is 0 Å². The van der Waals surface area contributed by atoms with Crippen LogP contribution in [0.15, 0.2) is 60.7 Å². The van der Waals surface area contributed by atoms with Gasteiger partial charge in [-0.15, -0.1) is 0 Å². The molecule has 1 saturated heterocycles. The fourth-order valence-corrected chi connectivity index (χ4v) is 6.65. The van der Waals surface area contributed by atoms with Gasteiger partial charge < -0.3 is 14.8 Å². The first-order valence-corrected chi connectivity index (χ1v) is 15.2. The molecule has 3 aromatic rings. The Morgan fingerprint density at radius 1 is 0.891 bits per heavy atom. The zero-order valence-corrected chi connectivity index (χ0v) is 25.3. The van der Waals surface area contributed by atoms with Gasteiger partial charge in [-0.2, -0.15) is 26.3 Å². The van der Waals surface area contributed by atoms with Crippen molar-refractivity contribution in [1.29, 1.82) is 0 Å². The highest BCUT2D eigenvalue weighted by molar-refractivity contribution is 7.99. The van der Waals surface area contributed by atoms with Crippen molar-refractivity contribution >= 4 is 41.2 Å². The monoisotopic (exact) mass is 686 g/mol. The Labute approximate surface area is 268 Å². The zero-order chi connectivity index (χ0) is 33.3. The van der Waals surface area contributed by atoms with Gasteiger partial charge in [-0.1, -0.05) is 41.6 Å². The van der Waals surface area contributed by atoms with Crippen LogP contribution in [0.4, 0.5) is 26.3 Å². The maximum Gasteiger partial charge on any atom is 0.416 e. The summed E-state index contributed by atoms with van der Waals surface area (Å²) >= 11 is 7.43. The van der Waals surface area contributed by atoms with Crippen molar-refractivity contribution in [2.75, 3.05) is 6.54 Å². The fraction of sp³-hybridized carbons (Fsp3) is 0.323. The number of amides is 1. The third-order valence-electron chi connectivity index (χ3n) is 7.33. The smallest absolute Gasteiger partial charge is 0.416 e. The number of fused-ring (bicyclic) bond motifs is 3. The molecule has 2 heterocycles. The van der Waals surface area contributed by atoms with Gasteiger partial charge in [-0.05, 0) is 65.6 Å². The van der Waals surface area contributed by atoms with Gasteiger partial charge in [0, 0.05) is 35.0 Å². The summed E-state index contributed by atoms with van der Waals surface area (Å²) in [5, 5.41) is 5.99. The molecule has 2 atom stereocenters. The molecule has 0 bridgehead atoms. The van der Waals surface area contributed by atoms with Crippen molar-refractivity contribution in [2.24, 2.45) is 0 Å². The number of halogens is 7. The molecule has 244 valence electrons. The van der Waals surface area contributed by atoms with E-state index in [0.717, 1.165) is 5.56 Å². The highest BCUT2D eigenvalue weighted by Gasteiger charge is 2.51. The van der Waals surface area contributed by atoms with E-state index in [2.05, 4.69) is 10.6 Å². The van der Waals surface area contributed by atoms with E-state index in [1.54, 1.807) is 30.3 Å². The number of benzene rings is 3. The molecule has 0 aromatic heterocycles. The second-order valence-corrected chi connectivity index (χ2v) is 12.2. The summed E-state index contributed by atoms with van der Waals surface area (Å²) in [5.41, 5.74) is -1.13. The normalized spacial score (nSPS) is 20.3. The molecule has 0 spiro atoms. The van der Waals surface area contributed by atoms with Crippen LogP contribution in [0.25, 0.3) is 0 Å². The van der Waals surface area contributed by atoms with Crippen molar-refractivity contribution in [3.63, 3.8) is 0 Å². The maximum absolute atomic E-state index is 13.2. The number of ether oxygens (including phenoxy) is 2. The summed E-state index contributed by atoms with van der Waals surface area (Å²) in [6.07, 6.45) is -10.8. The molecule has 2 N–H and O–H groups in total. The lowest BCUT2D eigenvalue weighted by Gasteiger charge is -2.40. The molecule has 2 aliphatic rings. The maximum atomic E-state index is 13.2. The molecule has 46 heavy (non-hydrogen) atoms. The molecule has 5 rings (SSSR count). The van der Waals surface area contributed by atoms with E-state index < -0.39 is 59.0 Å². The summed E-state index contributed by atoms with van der Waals surface area (Å²) in [4.78, 5) is 36.5. The molecular formula is C31H25ClF6N2O5S. The van der Waals surface area contributed by atoms with Crippen LogP contribution >= 0.6 is 23.4 Å². The summed E-state index contributed by atoms with van der Waals surface area (Å²) in [6, 6.07) is 12.3. The van der Waals surface area contributed by atoms with Crippen LogP contribution in [-0.2, 0) is 55.1 Å². The number of alkyl halides is 6. The van der Waals surface area contributed by atoms with Crippen LogP contribution in [0.1, 0.15) is 56.6 Å². The Balaban J connectivity index is 1.33. The SMILES string of the molecule is O=C1CCC(=O)OC2(SCc3ccc(C(=O)NCc4cc(C(F)(F)F)cc(C(F)(F)F)c4)cc3)c3ccc(Cl)cc3CCNC2O1. The molecule has 2 aliphatic heterocycles. The number of carbonyl (C=O) groups is 3. The van der Waals surface area contributed by atoms with Gasteiger partial charge >= 0.3 is 24.3 Å². The van der Waals surface area contributed by atoms with E-state index in [-0.39, 0.29) is 35.8 Å². The third-order valence-corrected chi connectivity index (χ3v) is 8.99. The zero-order valence-electron chi connectivity index (χ0n) is 23.7. The third kappa shape index (κ3) is 7.61. The number of esters is 2. The second-order valence-electron chi connectivity index (χ2n) is 10.6. The van der Waals surface area contributed by atoms with Crippen LogP contribution < -0.4 is 10.6 Å². The van der Waals surface area contributed by atoms with Gasteiger partial charge in [0.2, 0.25) is 11.2 Å². The van der Waals surface area contributed by atoms with E-state index in [9.17, 15) is 40.7 Å². The lowest BCUT2D eigenvalue weighted by atomic mass is 9.99. The molecule has 2 unspecified atom stereocenters. The van der Waals surface area contributed by atoms with Gasteiger partial charge in [-0.25, -0.2) is 0 Å². The van der Waals surface area contributed by atoms with Crippen LogP contribution in [0.3, 0.4) is 0 Å². The Kier molecular flexibility index (Phi) is 9.62. The predicted molar refractivity (Wildman–Crippen MR) is 155 cm³/mol. The van der Waals surface area contributed by atoms with Crippen molar-refractivity contribution in [3.05, 3.63) is 105 Å². The highest BCUT2D eigenvalue weighted by Crippen LogP contribution is 2.47. The Hall–Kier alpha value is -3.75. The summed E-state index contributed by atoms with van der Waals surface area (Å²) < 4.78 is 90.8. The Bertz CT molecular complexity index is 1620. The van der Waals surface area contributed by atoms with Crippen LogP contribution in [0, 0.1) is 0 Å². The van der Waals surface area contributed by atoms with E-state index in [4.69, 9.17) is 21.1 Å². The second kappa shape index (κ2) is 13.2. The molecule has 1 amide bonds. The quantitative estimate of drug-likeness (QED) is 0.219. The molecule has 3 aromatic carbocycles. The van der Waals surface area contributed by atoms with Gasteiger partial charge in [0.1, 0.15) is 0 Å². The topological polar surface area (TPSA) is 93.7 Å². The average molecular weight is 687 g/mol. The van der Waals surface area contributed by atoms with Crippen LogP contribution in [0.2, 0.25) is 5.02 Å². The van der Waals surface area contributed by atoms with Crippen molar-refractivity contribution in [2.45, 2.75) is 55.1 Å². The number of hydrogen-bond donors (Lipinski definition) is 2. The minimum atomic E-state index is -5.01. The molecule has 7 nitrogen and oxygen atoms in total. The average Bonchev–Trinajstić information content (AvgIpc) is 3.12. The van der Waals surface area contributed by atoms with Crippen molar-refractivity contribution in [3.8, 4) is 0 Å². The molecular weight excluding hydrogens is 662 g/mol.